The summed E-state index contributed by atoms with van der Waals surface area (Å²) in [6.07, 6.45) is 5.15. The Bertz CT molecular complexity index is 772. The molecular weight excluding hydrogens is 366 g/mol. The molecule has 1 aliphatic heterocycles. The van der Waals surface area contributed by atoms with Gasteiger partial charge in [-0.15, -0.1) is 10.2 Å². The Hall–Kier alpha value is -2.77. The van der Waals surface area contributed by atoms with Crippen LogP contribution in [0.15, 0.2) is 48.5 Å². The number of aromatic nitrogens is 2. The lowest BCUT2D eigenvalue weighted by molar-refractivity contribution is 0.0942. The molecule has 7 heteroatoms. The number of ether oxygens (including phenoxy) is 1. The van der Waals surface area contributed by atoms with E-state index in [0.29, 0.717) is 18.8 Å². The van der Waals surface area contributed by atoms with Crippen LogP contribution in [0.4, 0.5) is 5.82 Å². The molecule has 1 fully saturated rings. The fourth-order valence-electron chi connectivity index (χ4n) is 3.19. The molecule has 1 aliphatic rings. The number of piperazine rings is 1. The Morgan fingerprint density at radius 2 is 1.90 bits per heavy atom. The van der Waals surface area contributed by atoms with Crippen molar-refractivity contribution >= 4 is 17.8 Å². The summed E-state index contributed by atoms with van der Waals surface area (Å²) in [5.41, 5.74) is 1.57. The SMILES string of the molecule is COCCCNC(=O)c1ccc(N2CCN(C/C=C/c3ccccc3)CC2)nn1. The Morgan fingerprint density at radius 1 is 1.10 bits per heavy atom. The lowest BCUT2D eigenvalue weighted by atomic mass is 10.2. The zero-order valence-corrected chi connectivity index (χ0v) is 17.0. The highest BCUT2D eigenvalue weighted by Gasteiger charge is 2.18. The number of benzene rings is 1. The number of amides is 1. The molecule has 1 N–H and O–H groups in total. The minimum atomic E-state index is -0.199. The first-order valence-corrected chi connectivity index (χ1v) is 10.1. The molecule has 0 unspecified atom stereocenters. The van der Waals surface area contributed by atoms with Gasteiger partial charge in [-0.05, 0) is 24.1 Å². The van der Waals surface area contributed by atoms with E-state index in [4.69, 9.17) is 4.74 Å². The molecule has 0 bridgehead atoms. The molecule has 2 aromatic rings. The Morgan fingerprint density at radius 3 is 2.59 bits per heavy atom. The van der Waals surface area contributed by atoms with Crippen molar-refractivity contribution < 1.29 is 9.53 Å². The number of nitrogens with zero attached hydrogens (tertiary/aromatic N) is 4. The van der Waals surface area contributed by atoms with E-state index in [-0.39, 0.29) is 5.91 Å². The highest BCUT2D eigenvalue weighted by Crippen LogP contribution is 2.13. The summed E-state index contributed by atoms with van der Waals surface area (Å²) in [5.74, 6) is 0.621. The van der Waals surface area contributed by atoms with E-state index in [1.165, 1.54) is 5.56 Å². The molecule has 29 heavy (non-hydrogen) atoms. The molecule has 1 aromatic carbocycles. The third-order valence-electron chi connectivity index (χ3n) is 4.86. The second-order valence-corrected chi connectivity index (χ2v) is 6.98. The molecule has 0 aliphatic carbocycles. The van der Waals surface area contributed by atoms with E-state index in [1.54, 1.807) is 13.2 Å². The molecule has 0 spiro atoms. The standard InChI is InChI=1S/C22H29N5O2/c1-29-18-6-12-23-22(28)20-10-11-21(25-24-20)27-16-14-26(15-17-27)13-5-9-19-7-3-2-4-8-19/h2-5,7-11H,6,12-18H2,1H3,(H,23,28)/b9-5+. The summed E-state index contributed by atoms with van der Waals surface area (Å²) in [6.45, 7) is 5.88. The molecule has 3 rings (SSSR count). The fraction of sp³-hybridized carbons (Fsp3) is 0.409. The Balaban J connectivity index is 1.42. The van der Waals surface area contributed by atoms with Gasteiger partial charge in [-0.3, -0.25) is 9.69 Å². The second-order valence-electron chi connectivity index (χ2n) is 6.98. The quantitative estimate of drug-likeness (QED) is 0.656. The van der Waals surface area contributed by atoms with Gasteiger partial charge in [-0.25, -0.2) is 0 Å². The van der Waals surface area contributed by atoms with Crippen LogP contribution in [-0.4, -0.2) is 74.0 Å². The maximum absolute atomic E-state index is 12.1. The summed E-state index contributed by atoms with van der Waals surface area (Å²) in [4.78, 5) is 16.7. The van der Waals surface area contributed by atoms with Gasteiger partial charge >= 0.3 is 0 Å². The maximum Gasteiger partial charge on any atom is 0.271 e. The van der Waals surface area contributed by atoms with Crippen molar-refractivity contribution in [2.75, 3.05) is 57.9 Å². The molecule has 7 nitrogen and oxygen atoms in total. The Labute approximate surface area is 172 Å². The number of carbonyl (C=O) groups excluding carboxylic acids is 1. The van der Waals surface area contributed by atoms with E-state index >= 15 is 0 Å². The van der Waals surface area contributed by atoms with Gasteiger partial charge in [0.15, 0.2) is 11.5 Å². The van der Waals surface area contributed by atoms with Crippen LogP contribution < -0.4 is 10.2 Å². The number of methoxy groups -OCH3 is 1. The van der Waals surface area contributed by atoms with Gasteiger partial charge in [0.2, 0.25) is 0 Å². The van der Waals surface area contributed by atoms with Gasteiger partial charge in [0.25, 0.3) is 5.91 Å². The minimum absolute atomic E-state index is 0.199. The summed E-state index contributed by atoms with van der Waals surface area (Å²) in [6, 6.07) is 14.0. The second kappa shape index (κ2) is 11.3. The van der Waals surface area contributed by atoms with Gasteiger partial charge in [-0.1, -0.05) is 42.5 Å². The molecule has 1 amide bonds. The van der Waals surface area contributed by atoms with Gasteiger partial charge in [0, 0.05) is 53.0 Å². The lowest BCUT2D eigenvalue weighted by Gasteiger charge is -2.34. The summed E-state index contributed by atoms with van der Waals surface area (Å²) in [7, 11) is 1.65. The normalized spacial score (nSPS) is 15.0. The van der Waals surface area contributed by atoms with Crippen LogP contribution in [0.25, 0.3) is 6.08 Å². The molecule has 0 radical (unpaired) electrons. The number of nitrogens with one attached hydrogen (secondary N) is 1. The number of hydrogen-bond acceptors (Lipinski definition) is 6. The smallest absolute Gasteiger partial charge is 0.271 e. The average Bonchev–Trinajstić information content (AvgIpc) is 2.78. The van der Waals surface area contributed by atoms with E-state index in [1.807, 2.05) is 12.1 Å². The predicted octanol–water partition coefficient (Wildman–Crippen LogP) is 2.08. The van der Waals surface area contributed by atoms with Gasteiger partial charge in [0.05, 0.1) is 0 Å². The van der Waals surface area contributed by atoms with Gasteiger partial charge < -0.3 is 15.0 Å². The first-order valence-electron chi connectivity index (χ1n) is 10.1. The average molecular weight is 396 g/mol. The van der Waals surface area contributed by atoms with Crippen LogP contribution in [0.5, 0.6) is 0 Å². The Kier molecular flexibility index (Phi) is 8.15. The van der Waals surface area contributed by atoms with Crippen LogP contribution in [0, 0.1) is 0 Å². The number of anilines is 1. The van der Waals surface area contributed by atoms with Crippen molar-refractivity contribution in [3.8, 4) is 0 Å². The van der Waals surface area contributed by atoms with Crippen molar-refractivity contribution in [3.05, 3.63) is 59.8 Å². The van der Waals surface area contributed by atoms with Crippen molar-refractivity contribution in [3.63, 3.8) is 0 Å². The van der Waals surface area contributed by atoms with E-state index in [2.05, 4.69) is 61.7 Å². The number of rotatable bonds is 9. The van der Waals surface area contributed by atoms with E-state index in [9.17, 15) is 4.79 Å². The van der Waals surface area contributed by atoms with Crippen molar-refractivity contribution in [1.29, 1.82) is 0 Å². The monoisotopic (exact) mass is 395 g/mol. The van der Waals surface area contributed by atoms with Crippen LogP contribution in [-0.2, 0) is 4.74 Å². The first kappa shape index (κ1) is 21.0. The number of hydrogen-bond donors (Lipinski definition) is 1. The lowest BCUT2D eigenvalue weighted by Crippen LogP contribution is -2.46. The zero-order valence-electron chi connectivity index (χ0n) is 17.0. The van der Waals surface area contributed by atoms with Crippen LogP contribution >= 0.6 is 0 Å². The molecule has 154 valence electrons. The van der Waals surface area contributed by atoms with E-state index in [0.717, 1.165) is 45.0 Å². The maximum atomic E-state index is 12.1. The van der Waals surface area contributed by atoms with Crippen LogP contribution in [0.2, 0.25) is 0 Å². The summed E-state index contributed by atoms with van der Waals surface area (Å²) < 4.78 is 4.97. The molecule has 2 heterocycles. The van der Waals surface area contributed by atoms with Crippen LogP contribution in [0.1, 0.15) is 22.5 Å². The molecular formula is C22H29N5O2. The summed E-state index contributed by atoms with van der Waals surface area (Å²) >= 11 is 0. The van der Waals surface area contributed by atoms with Gasteiger partial charge in [-0.2, -0.15) is 0 Å². The first-order chi connectivity index (χ1) is 14.3. The molecule has 1 saturated heterocycles. The van der Waals surface area contributed by atoms with Crippen molar-refractivity contribution in [2.24, 2.45) is 0 Å². The molecule has 0 atom stereocenters. The minimum Gasteiger partial charge on any atom is -0.385 e. The molecule has 0 saturated carbocycles. The topological polar surface area (TPSA) is 70.6 Å². The third-order valence-corrected chi connectivity index (χ3v) is 4.86. The highest BCUT2D eigenvalue weighted by atomic mass is 16.5. The summed E-state index contributed by atoms with van der Waals surface area (Å²) in [5, 5.41) is 11.2. The van der Waals surface area contributed by atoms with Crippen molar-refractivity contribution in [2.45, 2.75) is 6.42 Å². The highest BCUT2D eigenvalue weighted by molar-refractivity contribution is 5.92. The fourth-order valence-corrected chi connectivity index (χ4v) is 3.19. The van der Waals surface area contributed by atoms with Gasteiger partial charge in [0.1, 0.15) is 0 Å². The molecule has 1 aromatic heterocycles. The largest absolute Gasteiger partial charge is 0.385 e. The van der Waals surface area contributed by atoms with E-state index < -0.39 is 0 Å². The van der Waals surface area contributed by atoms with Crippen molar-refractivity contribution in [1.82, 2.24) is 20.4 Å². The zero-order chi connectivity index (χ0) is 20.3. The predicted molar refractivity (Wildman–Crippen MR) is 115 cm³/mol. The third kappa shape index (κ3) is 6.66. The number of carbonyl (C=O) groups is 1. The van der Waals surface area contributed by atoms with Crippen LogP contribution in [0.3, 0.4) is 0 Å².